The second kappa shape index (κ2) is 5.22. The molecule has 0 aliphatic carbocycles. The summed E-state index contributed by atoms with van der Waals surface area (Å²) >= 11 is 5.71. The first-order chi connectivity index (χ1) is 9.34. The molecule has 5 nitrogen and oxygen atoms in total. The highest BCUT2D eigenvalue weighted by atomic mass is 35.5. The van der Waals surface area contributed by atoms with E-state index in [1.54, 1.807) is 0 Å². The molecule has 20 heavy (non-hydrogen) atoms. The number of benzene rings is 1. The fraction of sp³-hybridized carbons (Fsp3) is 0.231. The van der Waals surface area contributed by atoms with E-state index in [-0.39, 0.29) is 27.7 Å². The van der Waals surface area contributed by atoms with Crippen molar-refractivity contribution in [2.75, 3.05) is 0 Å². The van der Waals surface area contributed by atoms with Crippen molar-refractivity contribution in [2.45, 2.75) is 20.0 Å². The monoisotopic (exact) mass is 298 g/mol. The summed E-state index contributed by atoms with van der Waals surface area (Å²) in [6.07, 6.45) is -1.08. The Morgan fingerprint density at radius 3 is 2.65 bits per heavy atom. The maximum atomic E-state index is 14.0. The van der Waals surface area contributed by atoms with Gasteiger partial charge in [0.15, 0.2) is 5.82 Å². The number of aromatic nitrogens is 2. The van der Waals surface area contributed by atoms with Crippen LogP contribution >= 0.6 is 11.6 Å². The summed E-state index contributed by atoms with van der Waals surface area (Å²) in [7, 11) is 0. The van der Waals surface area contributed by atoms with Crippen molar-refractivity contribution in [2.24, 2.45) is 0 Å². The number of hydrogen-bond acceptors (Lipinski definition) is 3. The molecular weight excluding hydrogens is 287 g/mol. The van der Waals surface area contributed by atoms with Gasteiger partial charge < -0.3 is 10.2 Å². The maximum Gasteiger partial charge on any atom is 0.339 e. The average Bonchev–Trinajstić information content (AvgIpc) is 2.71. The largest absolute Gasteiger partial charge is 0.478 e. The number of carbonyl (C=O) groups is 1. The molecule has 0 amide bonds. The fourth-order valence-electron chi connectivity index (χ4n) is 1.97. The van der Waals surface area contributed by atoms with Gasteiger partial charge in [-0.15, -0.1) is 0 Å². The number of aliphatic hydroxyl groups is 1. The van der Waals surface area contributed by atoms with Crippen molar-refractivity contribution in [1.29, 1.82) is 0 Å². The Balaban J connectivity index is 2.73. The Hall–Kier alpha value is -1.92. The molecule has 0 aliphatic rings. The summed E-state index contributed by atoms with van der Waals surface area (Å²) < 4.78 is 15.1. The van der Waals surface area contributed by atoms with E-state index in [4.69, 9.17) is 11.6 Å². The van der Waals surface area contributed by atoms with Crippen LogP contribution in [0.5, 0.6) is 0 Å². The first-order valence-electron chi connectivity index (χ1n) is 5.79. The van der Waals surface area contributed by atoms with Gasteiger partial charge in [0.1, 0.15) is 16.9 Å². The Labute approximate surface area is 119 Å². The number of rotatable bonds is 3. The molecule has 0 bridgehead atoms. The lowest BCUT2D eigenvalue weighted by Gasteiger charge is -2.06. The van der Waals surface area contributed by atoms with Crippen LogP contribution in [0.15, 0.2) is 18.2 Å². The molecule has 1 atom stereocenters. The maximum absolute atomic E-state index is 14.0. The lowest BCUT2D eigenvalue weighted by molar-refractivity contribution is 0.0689. The van der Waals surface area contributed by atoms with Crippen LogP contribution in [0.3, 0.4) is 0 Å². The second-order valence-corrected chi connectivity index (χ2v) is 4.72. The van der Waals surface area contributed by atoms with Crippen LogP contribution in [0, 0.1) is 12.7 Å². The summed E-state index contributed by atoms with van der Waals surface area (Å²) in [6.45, 7) is 2.88. The zero-order valence-corrected chi connectivity index (χ0v) is 11.5. The standard InChI is InChI=1S/C13H12ClFN2O3/c1-6-10(13(19)20)12(7(2)18)16-17(6)9-5-3-4-8(14)11(9)15/h3-5,7,18H,1-2H3,(H,19,20). The number of carboxylic acid groups (broad SMARTS) is 1. The Morgan fingerprint density at radius 2 is 2.15 bits per heavy atom. The molecule has 0 aliphatic heterocycles. The Kier molecular flexibility index (Phi) is 3.78. The van der Waals surface area contributed by atoms with E-state index in [1.807, 2.05) is 0 Å². The number of nitrogens with zero attached hydrogens (tertiary/aromatic N) is 2. The van der Waals surface area contributed by atoms with Gasteiger partial charge in [-0.2, -0.15) is 5.10 Å². The molecule has 2 N–H and O–H groups in total. The van der Waals surface area contributed by atoms with E-state index in [1.165, 1.54) is 32.0 Å². The van der Waals surface area contributed by atoms with Crippen LogP contribution in [-0.4, -0.2) is 26.0 Å². The van der Waals surface area contributed by atoms with Crippen molar-refractivity contribution in [3.05, 3.63) is 46.0 Å². The van der Waals surface area contributed by atoms with Gasteiger partial charge >= 0.3 is 5.97 Å². The van der Waals surface area contributed by atoms with Crippen LogP contribution in [0.1, 0.15) is 34.8 Å². The molecule has 1 unspecified atom stereocenters. The summed E-state index contributed by atoms with van der Waals surface area (Å²) in [4.78, 5) is 11.3. The van der Waals surface area contributed by atoms with Crippen molar-refractivity contribution in [3.8, 4) is 5.69 Å². The molecule has 7 heteroatoms. The molecule has 106 valence electrons. The minimum atomic E-state index is -1.23. The molecule has 2 rings (SSSR count). The molecular formula is C13H12ClFN2O3. The summed E-state index contributed by atoms with van der Waals surface area (Å²) in [5.74, 6) is -1.93. The van der Waals surface area contributed by atoms with Gasteiger partial charge in [0.2, 0.25) is 0 Å². The number of halogens is 2. The second-order valence-electron chi connectivity index (χ2n) is 4.31. The topological polar surface area (TPSA) is 75.3 Å². The fourth-order valence-corrected chi connectivity index (χ4v) is 2.14. The van der Waals surface area contributed by atoms with Gasteiger partial charge in [0.05, 0.1) is 16.8 Å². The van der Waals surface area contributed by atoms with E-state index in [2.05, 4.69) is 5.10 Å². The quantitative estimate of drug-likeness (QED) is 0.913. The number of hydrogen-bond donors (Lipinski definition) is 2. The van der Waals surface area contributed by atoms with Crippen molar-refractivity contribution < 1.29 is 19.4 Å². The number of aromatic carboxylic acids is 1. The zero-order valence-electron chi connectivity index (χ0n) is 10.8. The van der Waals surface area contributed by atoms with E-state index < -0.39 is 17.9 Å². The Morgan fingerprint density at radius 1 is 1.50 bits per heavy atom. The van der Waals surface area contributed by atoms with E-state index in [0.717, 1.165) is 4.68 Å². The third kappa shape index (κ3) is 2.28. The molecule has 0 saturated heterocycles. The van der Waals surface area contributed by atoms with Gasteiger partial charge in [0, 0.05) is 0 Å². The lowest BCUT2D eigenvalue weighted by Crippen LogP contribution is -2.05. The molecule has 1 heterocycles. The van der Waals surface area contributed by atoms with Crippen molar-refractivity contribution >= 4 is 17.6 Å². The highest BCUT2D eigenvalue weighted by molar-refractivity contribution is 6.30. The van der Waals surface area contributed by atoms with Gasteiger partial charge in [-0.25, -0.2) is 13.9 Å². The third-order valence-corrected chi connectivity index (χ3v) is 3.20. The molecule has 1 aromatic heterocycles. The molecule has 0 radical (unpaired) electrons. The van der Waals surface area contributed by atoms with Crippen LogP contribution in [0.4, 0.5) is 4.39 Å². The SMILES string of the molecule is Cc1c(C(=O)O)c(C(C)O)nn1-c1cccc(Cl)c1F. The molecule has 1 aromatic carbocycles. The van der Waals surface area contributed by atoms with Crippen LogP contribution < -0.4 is 0 Å². The number of aliphatic hydroxyl groups excluding tert-OH is 1. The summed E-state index contributed by atoms with van der Waals surface area (Å²) in [5, 5.41) is 22.7. The Bertz CT molecular complexity index is 682. The van der Waals surface area contributed by atoms with Gasteiger partial charge in [-0.3, -0.25) is 0 Å². The predicted octanol–water partition coefficient (Wildman–Crippen LogP) is 2.72. The van der Waals surface area contributed by atoms with E-state index in [9.17, 15) is 19.4 Å². The highest BCUT2D eigenvalue weighted by Gasteiger charge is 2.25. The highest BCUT2D eigenvalue weighted by Crippen LogP contribution is 2.26. The lowest BCUT2D eigenvalue weighted by atomic mass is 10.1. The van der Waals surface area contributed by atoms with Crippen LogP contribution in [0.25, 0.3) is 5.69 Å². The van der Waals surface area contributed by atoms with Crippen molar-refractivity contribution in [3.63, 3.8) is 0 Å². The van der Waals surface area contributed by atoms with Gasteiger partial charge in [0.25, 0.3) is 0 Å². The normalized spacial score (nSPS) is 12.4. The van der Waals surface area contributed by atoms with E-state index in [0.29, 0.717) is 0 Å². The molecule has 0 spiro atoms. The minimum Gasteiger partial charge on any atom is -0.478 e. The summed E-state index contributed by atoms with van der Waals surface area (Å²) in [5.41, 5.74) is 0.0905. The predicted molar refractivity (Wildman–Crippen MR) is 70.9 cm³/mol. The van der Waals surface area contributed by atoms with E-state index >= 15 is 0 Å². The number of carboxylic acids is 1. The third-order valence-electron chi connectivity index (χ3n) is 2.91. The first kappa shape index (κ1) is 14.5. The van der Waals surface area contributed by atoms with Crippen LogP contribution in [-0.2, 0) is 0 Å². The first-order valence-corrected chi connectivity index (χ1v) is 6.17. The zero-order chi connectivity index (χ0) is 15.0. The minimum absolute atomic E-state index is 0.0191. The van der Waals surface area contributed by atoms with Crippen molar-refractivity contribution in [1.82, 2.24) is 9.78 Å². The molecule has 2 aromatic rings. The van der Waals surface area contributed by atoms with Gasteiger partial charge in [-0.1, -0.05) is 17.7 Å². The smallest absolute Gasteiger partial charge is 0.339 e. The molecule has 0 saturated carbocycles. The van der Waals surface area contributed by atoms with Crippen LogP contribution in [0.2, 0.25) is 5.02 Å². The molecule has 0 fully saturated rings. The summed E-state index contributed by atoms with van der Waals surface area (Å²) in [6, 6.07) is 4.34. The average molecular weight is 299 g/mol. The van der Waals surface area contributed by atoms with Gasteiger partial charge in [-0.05, 0) is 26.0 Å².